The van der Waals surface area contributed by atoms with Crippen molar-refractivity contribution in [3.8, 4) is 17.2 Å². The number of methoxy groups -OCH3 is 1. The molecule has 0 radical (unpaired) electrons. The van der Waals surface area contributed by atoms with Crippen LogP contribution in [0.15, 0.2) is 84.0 Å². The normalized spacial score (nSPS) is 11.0. The minimum absolute atomic E-state index is 0.106. The number of rotatable bonds is 7. The maximum Gasteiger partial charge on any atom is 0.275 e. The standard InChI is InChI=1S/C26H21ClN2O4/c1-32-25-12-18(8-11-24(25)33-16-17-6-9-21(27)10-7-17)15-28-29-26(31)22-13-19-4-2-3-5-20(19)14-23(22)30/h2-15,30H,16H2,1H3,(H,29,31)/b28-15+. The Kier molecular flexibility index (Phi) is 6.76. The third-order valence-corrected chi connectivity index (χ3v) is 5.24. The van der Waals surface area contributed by atoms with Gasteiger partial charge in [-0.3, -0.25) is 4.79 Å². The monoisotopic (exact) mass is 460 g/mol. The lowest BCUT2D eigenvalue weighted by Crippen LogP contribution is -2.17. The molecule has 0 aliphatic carbocycles. The molecule has 0 bridgehead atoms. The van der Waals surface area contributed by atoms with Crippen LogP contribution in [0, 0.1) is 0 Å². The second-order valence-corrected chi connectivity index (χ2v) is 7.68. The van der Waals surface area contributed by atoms with Gasteiger partial charge in [-0.2, -0.15) is 5.10 Å². The van der Waals surface area contributed by atoms with E-state index in [-0.39, 0.29) is 11.3 Å². The van der Waals surface area contributed by atoms with Crippen LogP contribution in [0.25, 0.3) is 10.8 Å². The van der Waals surface area contributed by atoms with Crippen molar-refractivity contribution < 1.29 is 19.4 Å². The fourth-order valence-electron chi connectivity index (χ4n) is 3.26. The molecule has 0 heterocycles. The molecule has 0 spiro atoms. The summed E-state index contributed by atoms with van der Waals surface area (Å²) in [6, 6.07) is 23.4. The smallest absolute Gasteiger partial charge is 0.275 e. The lowest BCUT2D eigenvalue weighted by atomic mass is 10.1. The quantitative estimate of drug-likeness (QED) is 0.280. The van der Waals surface area contributed by atoms with E-state index < -0.39 is 5.91 Å². The topological polar surface area (TPSA) is 80.2 Å². The van der Waals surface area contributed by atoms with Gasteiger partial charge in [0.15, 0.2) is 11.5 Å². The summed E-state index contributed by atoms with van der Waals surface area (Å²) < 4.78 is 11.3. The molecule has 0 aliphatic rings. The summed E-state index contributed by atoms with van der Waals surface area (Å²) in [4.78, 5) is 12.5. The van der Waals surface area contributed by atoms with Gasteiger partial charge in [0.05, 0.1) is 18.9 Å². The highest BCUT2D eigenvalue weighted by atomic mass is 35.5. The summed E-state index contributed by atoms with van der Waals surface area (Å²) in [5.74, 6) is 0.496. The Hall–Kier alpha value is -4.03. The number of halogens is 1. The largest absolute Gasteiger partial charge is 0.507 e. The van der Waals surface area contributed by atoms with E-state index in [0.717, 1.165) is 16.3 Å². The SMILES string of the molecule is COc1cc(/C=N/NC(=O)c2cc3ccccc3cc2O)ccc1OCc1ccc(Cl)cc1. The van der Waals surface area contributed by atoms with Crippen molar-refractivity contribution in [3.63, 3.8) is 0 Å². The third-order valence-electron chi connectivity index (χ3n) is 4.98. The first-order valence-electron chi connectivity index (χ1n) is 10.1. The average Bonchev–Trinajstić information content (AvgIpc) is 2.83. The molecule has 0 unspecified atom stereocenters. The minimum Gasteiger partial charge on any atom is -0.507 e. The van der Waals surface area contributed by atoms with Crippen LogP contribution in [-0.2, 0) is 6.61 Å². The van der Waals surface area contributed by atoms with E-state index >= 15 is 0 Å². The van der Waals surface area contributed by atoms with Crippen LogP contribution in [0.1, 0.15) is 21.5 Å². The average molecular weight is 461 g/mol. The zero-order valence-corrected chi connectivity index (χ0v) is 18.5. The first-order chi connectivity index (χ1) is 16.0. The number of ether oxygens (including phenoxy) is 2. The van der Waals surface area contributed by atoms with E-state index in [1.54, 1.807) is 37.4 Å². The summed E-state index contributed by atoms with van der Waals surface area (Å²) in [6.45, 7) is 0.367. The number of benzene rings is 4. The second kappa shape index (κ2) is 10.1. The maximum absolute atomic E-state index is 12.5. The van der Waals surface area contributed by atoms with E-state index in [4.69, 9.17) is 21.1 Å². The highest BCUT2D eigenvalue weighted by molar-refractivity contribution is 6.30. The van der Waals surface area contributed by atoms with Crippen molar-refractivity contribution >= 4 is 34.5 Å². The Labute approximate surface area is 196 Å². The molecule has 4 aromatic rings. The van der Waals surface area contributed by atoms with Crippen LogP contribution in [0.3, 0.4) is 0 Å². The molecule has 1 amide bonds. The Morgan fingerprint density at radius 3 is 2.45 bits per heavy atom. The van der Waals surface area contributed by atoms with Gasteiger partial charge < -0.3 is 14.6 Å². The molecule has 0 fully saturated rings. The first-order valence-corrected chi connectivity index (χ1v) is 10.5. The molecule has 0 saturated carbocycles. The fourth-order valence-corrected chi connectivity index (χ4v) is 3.39. The van der Waals surface area contributed by atoms with Crippen molar-refractivity contribution in [2.24, 2.45) is 5.10 Å². The van der Waals surface area contributed by atoms with Gasteiger partial charge in [0.2, 0.25) is 0 Å². The van der Waals surface area contributed by atoms with Crippen LogP contribution in [-0.4, -0.2) is 24.3 Å². The maximum atomic E-state index is 12.5. The Bertz CT molecular complexity index is 1320. The molecule has 2 N–H and O–H groups in total. The van der Waals surface area contributed by atoms with Gasteiger partial charge in [-0.1, -0.05) is 48.0 Å². The van der Waals surface area contributed by atoms with Crippen LogP contribution in [0.4, 0.5) is 0 Å². The molecule has 7 heteroatoms. The molecule has 0 aromatic heterocycles. The van der Waals surface area contributed by atoms with E-state index in [2.05, 4.69) is 10.5 Å². The summed E-state index contributed by atoms with van der Waals surface area (Å²) in [5, 5.41) is 16.6. The molecule has 4 rings (SSSR count). The van der Waals surface area contributed by atoms with Crippen LogP contribution in [0.5, 0.6) is 17.2 Å². The lowest BCUT2D eigenvalue weighted by Gasteiger charge is -2.11. The number of phenols is 1. The van der Waals surface area contributed by atoms with Crippen molar-refractivity contribution in [3.05, 3.63) is 101 Å². The van der Waals surface area contributed by atoms with Gasteiger partial charge in [0, 0.05) is 5.02 Å². The predicted molar refractivity (Wildman–Crippen MR) is 129 cm³/mol. The van der Waals surface area contributed by atoms with Gasteiger partial charge in [-0.05, 0) is 64.4 Å². The summed E-state index contributed by atoms with van der Waals surface area (Å²) in [5.41, 5.74) is 4.27. The fraction of sp³-hybridized carbons (Fsp3) is 0.0769. The number of fused-ring (bicyclic) bond motifs is 1. The van der Waals surface area contributed by atoms with Crippen molar-refractivity contribution in [2.45, 2.75) is 6.61 Å². The minimum atomic E-state index is -0.510. The second-order valence-electron chi connectivity index (χ2n) is 7.24. The molecule has 0 saturated heterocycles. The summed E-state index contributed by atoms with van der Waals surface area (Å²) >= 11 is 5.91. The number of hydrogen-bond donors (Lipinski definition) is 2. The van der Waals surface area contributed by atoms with E-state index in [1.807, 2.05) is 48.5 Å². The number of nitrogens with zero attached hydrogens (tertiary/aromatic N) is 1. The highest BCUT2D eigenvalue weighted by Gasteiger charge is 2.12. The Morgan fingerprint density at radius 1 is 1.00 bits per heavy atom. The molecule has 33 heavy (non-hydrogen) atoms. The molecular weight excluding hydrogens is 440 g/mol. The zero-order valence-electron chi connectivity index (χ0n) is 17.8. The highest BCUT2D eigenvalue weighted by Crippen LogP contribution is 2.29. The van der Waals surface area contributed by atoms with Gasteiger partial charge in [0.1, 0.15) is 12.4 Å². The third kappa shape index (κ3) is 5.42. The predicted octanol–water partition coefficient (Wildman–Crippen LogP) is 5.55. The number of nitrogens with one attached hydrogen (secondary N) is 1. The van der Waals surface area contributed by atoms with Gasteiger partial charge in [-0.25, -0.2) is 5.43 Å². The van der Waals surface area contributed by atoms with Gasteiger partial charge >= 0.3 is 0 Å². The summed E-state index contributed by atoms with van der Waals surface area (Å²) in [6.07, 6.45) is 1.49. The number of carbonyl (C=O) groups is 1. The van der Waals surface area contributed by atoms with Crippen molar-refractivity contribution in [2.75, 3.05) is 7.11 Å². The number of hydrogen-bond acceptors (Lipinski definition) is 5. The molecule has 0 aliphatic heterocycles. The van der Waals surface area contributed by atoms with E-state index in [0.29, 0.717) is 28.7 Å². The molecule has 0 atom stereocenters. The van der Waals surface area contributed by atoms with Crippen molar-refractivity contribution in [1.29, 1.82) is 0 Å². The van der Waals surface area contributed by atoms with Gasteiger partial charge in [0.25, 0.3) is 5.91 Å². The zero-order chi connectivity index (χ0) is 23.2. The molecule has 4 aromatic carbocycles. The molecular formula is C26H21ClN2O4. The molecule has 166 valence electrons. The van der Waals surface area contributed by atoms with Gasteiger partial charge in [-0.15, -0.1) is 0 Å². The first kappa shape index (κ1) is 22.2. The van der Waals surface area contributed by atoms with E-state index in [1.165, 1.54) is 6.21 Å². The molecule has 6 nitrogen and oxygen atoms in total. The van der Waals surface area contributed by atoms with Crippen LogP contribution >= 0.6 is 11.6 Å². The lowest BCUT2D eigenvalue weighted by molar-refractivity contribution is 0.0952. The summed E-state index contributed by atoms with van der Waals surface area (Å²) in [7, 11) is 1.55. The van der Waals surface area contributed by atoms with Crippen molar-refractivity contribution in [1.82, 2.24) is 5.43 Å². The number of hydrazone groups is 1. The number of phenolic OH excluding ortho intramolecular Hbond substituents is 1. The Morgan fingerprint density at radius 2 is 1.73 bits per heavy atom. The number of carbonyl (C=O) groups excluding carboxylic acids is 1. The van der Waals surface area contributed by atoms with Crippen LogP contribution < -0.4 is 14.9 Å². The van der Waals surface area contributed by atoms with E-state index in [9.17, 15) is 9.90 Å². The number of amides is 1. The number of aromatic hydroxyl groups is 1. The van der Waals surface area contributed by atoms with Crippen LogP contribution in [0.2, 0.25) is 5.02 Å². The Balaban J connectivity index is 1.42.